The highest BCUT2D eigenvalue weighted by Crippen LogP contribution is 2.52. The van der Waals surface area contributed by atoms with E-state index in [-0.39, 0.29) is 5.91 Å². The Bertz CT molecular complexity index is 1090. The Labute approximate surface area is 199 Å². The lowest BCUT2D eigenvalue weighted by Gasteiger charge is -2.32. The number of esters is 1. The lowest BCUT2D eigenvalue weighted by atomic mass is 9.78. The number of thioether (sulfide) groups is 1. The molecule has 0 unspecified atom stereocenters. The Hall–Kier alpha value is -2.56. The van der Waals surface area contributed by atoms with Crippen LogP contribution < -0.4 is 19.7 Å². The summed E-state index contributed by atoms with van der Waals surface area (Å²) in [6.45, 7) is 0.845. The zero-order valence-electron chi connectivity index (χ0n) is 18.2. The summed E-state index contributed by atoms with van der Waals surface area (Å²) >= 11 is 3.07. The number of benzene rings is 1. The van der Waals surface area contributed by atoms with Gasteiger partial charge in [-0.15, -0.1) is 11.3 Å². The second-order valence-electron chi connectivity index (χ2n) is 8.19. The molecule has 33 heavy (non-hydrogen) atoms. The van der Waals surface area contributed by atoms with Gasteiger partial charge in [0, 0.05) is 10.9 Å². The first-order valence-electron chi connectivity index (χ1n) is 10.7. The van der Waals surface area contributed by atoms with E-state index in [0.29, 0.717) is 42.6 Å². The number of anilines is 1. The highest BCUT2D eigenvalue weighted by Gasteiger charge is 2.68. The highest BCUT2D eigenvalue weighted by molar-refractivity contribution is 7.98. The quantitative estimate of drug-likeness (QED) is 0.490. The maximum absolute atomic E-state index is 13.9. The Balaban J connectivity index is 1.60. The van der Waals surface area contributed by atoms with E-state index in [2.05, 4.69) is 5.32 Å². The van der Waals surface area contributed by atoms with E-state index < -0.39 is 35.3 Å². The second-order valence-corrected chi connectivity index (χ2v) is 10.2. The number of amides is 2. The van der Waals surface area contributed by atoms with Crippen LogP contribution in [-0.2, 0) is 19.1 Å². The minimum atomic E-state index is -1.29. The van der Waals surface area contributed by atoms with Gasteiger partial charge in [0.15, 0.2) is 11.5 Å². The van der Waals surface area contributed by atoms with E-state index in [1.54, 1.807) is 30.0 Å². The number of carbonyl (C=O) groups excluding carboxylic acids is 3. The van der Waals surface area contributed by atoms with Crippen LogP contribution in [0.5, 0.6) is 11.5 Å². The van der Waals surface area contributed by atoms with Crippen molar-refractivity contribution in [3.05, 3.63) is 40.6 Å². The van der Waals surface area contributed by atoms with Gasteiger partial charge in [-0.3, -0.25) is 19.7 Å². The van der Waals surface area contributed by atoms with Crippen molar-refractivity contribution in [1.82, 2.24) is 5.32 Å². The fraction of sp³-hybridized carbons (Fsp3) is 0.435. The van der Waals surface area contributed by atoms with Gasteiger partial charge in [-0.2, -0.15) is 11.8 Å². The number of fused-ring (bicyclic) bond motifs is 2. The summed E-state index contributed by atoms with van der Waals surface area (Å²) in [7, 11) is 1.32. The van der Waals surface area contributed by atoms with Crippen molar-refractivity contribution in [2.45, 2.75) is 18.0 Å². The highest BCUT2D eigenvalue weighted by atomic mass is 32.2. The molecular weight excluding hydrogens is 464 g/mol. The molecule has 4 heterocycles. The molecular formula is C23H24N2O6S2. The Morgan fingerprint density at radius 2 is 2.03 bits per heavy atom. The summed E-state index contributed by atoms with van der Waals surface area (Å²) < 4.78 is 16.4. The minimum absolute atomic E-state index is 0.331. The third kappa shape index (κ3) is 3.43. The van der Waals surface area contributed by atoms with Gasteiger partial charge in [-0.1, -0.05) is 6.07 Å². The molecule has 2 amide bonds. The molecule has 0 radical (unpaired) electrons. The van der Waals surface area contributed by atoms with Gasteiger partial charge in [0.2, 0.25) is 11.8 Å². The predicted octanol–water partition coefficient (Wildman–Crippen LogP) is 2.63. The van der Waals surface area contributed by atoms with Crippen molar-refractivity contribution >= 4 is 46.6 Å². The number of ether oxygens (including phenoxy) is 3. The molecule has 0 spiro atoms. The Kier molecular flexibility index (Phi) is 5.84. The molecule has 4 atom stereocenters. The van der Waals surface area contributed by atoms with Gasteiger partial charge >= 0.3 is 5.97 Å². The van der Waals surface area contributed by atoms with Gasteiger partial charge in [0.05, 0.1) is 30.7 Å². The first-order valence-corrected chi connectivity index (χ1v) is 12.9. The van der Waals surface area contributed by atoms with E-state index in [4.69, 9.17) is 14.2 Å². The van der Waals surface area contributed by atoms with Crippen molar-refractivity contribution in [2.24, 2.45) is 11.8 Å². The van der Waals surface area contributed by atoms with Gasteiger partial charge in [0.1, 0.15) is 18.8 Å². The number of rotatable bonds is 6. The number of imide groups is 1. The zero-order chi connectivity index (χ0) is 23.2. The van der Waals surface area contributed by atoms with Crippen molar-refractivity contribution in [1.29, 1.82) is 0 Å². The lowest BCUT2D eigenvalue weighted by Crippen LogP contribution is -2.56. The number of hydrogen-bond acceptors (Lipinski definition) is 9. The molecule has 3 aliphatic rings. The molecule has 5 rings (SSSR count). The van der Waals surface area contributed by atoms with Crippen LogP contribution in [0.2, 0.25) is 0 Å². The molecule has 2 saturated heterocycles. The van der Waals surface area contributed by atoms with Crippen LogP contribution in [0, 0.1) is 11.8 Å². The Morgan fingerprint density at radius 3 is 2.73 bits per heavy atom. The summed E-state index contributed by atoms with van der Waals surface area (Å²) in [6.07, 6.45) is 2.31. The normalized spacial score (nSPS) is 28.2. The fourth-order valence-corrected chi connectivity index (χ4v) is 6.45. The molecule has 0 aliphatic carbocycles. The van der Waals surface area contributed by atoms with Crippen LogP contribution >= 0.6 is 23.1 Å². The van der Waals surface area contributed by atoms with Gasteiger partial charge < -0.3 is 14.2 Å². The third-order valence-corrected chi connectivity index (χ3v) is 8.11. The van der Waals surface area contributed by atoms with Crippen LogP contribution in [0.1, 0.15) is 17.3 Å². The monoisotopic (exact) mass is 488 g/mol. The topological polar surface area (TPSA) is 94.2 Å². The molecule has 10 heteroatoms. The summed E-state index contributed by atoms with van der Waals surface area (Å²) in [5.74, 6) is -1.14. The standard InChI is InChI=1S/C23H24N2O6S2/c1-29-22(28)23(7-11-32-2)18-17(19(24-23)16-4-3-10-33-16)20(26)25(21(18)27)13-5-6-14-15(12-13)31-9-8-30-14/h3-6,10,12,17-19,24H,7-9,11H2,1-2H3/t17-,18-,19-,23+/m0/s1. The van der Waals surface area contributed by atoms with Crippen molar-refractivity contribution in [2.75, 3.05) is 37.2 Å². The van der Waals surface area contributed by atoms with Crippen molar-refractivity contribution in [3.8, 4) is 11.5 Å². The first-order chi connectivity index (χ1) is 16.0. The first kappa shape index (κ1) is 22.2. The van der Waals surface area contributed by atoms with Crippen molar-refractivity contribution < 1.29 is 28.6 Å². The molecule has 2 fully saturated rings. The van der Waals surface area contributed by atoms with E-state index in [1.807, 2.05) is 23.8 Å². The molecule has 2 aromatic rings. The number of nitrogens with one attached hydrogen (secondary N) is 1. The minimum Gasteiger partial charge on any atom is -0.486 e. The smallest absolute Gasteiger partial charge is 0.326 e. The molecule has 174 valence electrons. The number of methoxy groups -OCH3 is 1. The van der Waals surface area contributed by atoms with Crippen LogP contribution in [0.4, 0.5) is 5.69 Å². The van der Waals surface area contributed by atoms with Crippen LogP contribution in [0.25, 0.3) is 0 Å². The second kappa shape index (κ2) is 8.66. The summed E-state index contributed by atoms with van der Waals surface area (Å²) in [4.78, 5) is 42.9. The lowest BCUT2D eigenvalue weighted by molar-refractivity contribution is -0.152. The maximum atomic E-state index is 13.9. The van der Waals surface area contributed by atoms with Crippen LogP contribution in [-0.4, -0.2) is 55.7 Å². The molecule has 1 N–H and O–H groups in total. The fourth-order valence-electron chi connectivity index (χ4n) is 5.11. The van der Waals surface area contributed by atoms with Crippen molar-refractivity contribution in [3.63, 3.8) is 0 Å². The number of carbonyl (C=O) groups is 3. The number of thiophene rings is 1. The molecule has 1 aromatic heterocycles. The van der Waals surface area contributed by atoms with Gasteiger partial charge in [0.25, 0.3) is 0 Å². The largest absolute Gasteiger partial charge is 0.486 e. The summed E-state index contributed by atoms with van der Waals surface area (Å²) in [5, 5.41) is 5.31. The molecule has 3 aliphatic heterocycles. The molecule has 8 nitrogen and oxygen atoms in total. The van der Waals surface area contributed by atoms with E-state index in [0.717, 1.165) is 4.88 Å². The Morgan fingerprint density at radius 1 is 1.24 bits per heavy atom. The van der Waals surface area contributed by atoms with E-state index >= 15 is 0 Å². The summed E-state index contributed by atoms with van der Waals surface area (Å²) in [5.41, 5.74) is -0.871. The molecule has 0 saturated carbocycles. The van der Waals surface area contributed by atoms with Crippen LogP contribution in [0.3, 0.4) is 0 Å². The van der Waals surface area contributed by atoms with E-state index in [1.165, 1.54) is 23.3 Å². The molecule has 0 bridgehead atoms. The average Bonchev–Trinajstić information content (AvgIpc) is 3.54. The van der Waals surface area contributed by atoms with E-state index in [9.17, 15) is 14.4 Å². The SMILES string of the molecule is COC(=O)[C@]1(CCSC)N[C@@H](c2cccs2)[C@H]2C(=O)N(c3ccc4c(c3)OCCO4)C(=O)[C@H]21. The van der Waals surface area contributed by atoms with Crippen LogP contribution in [0.15, 0.2) is 35.7 Å². The average molecular weight is 489 g/mol. The maximum Gasteiger partial charge on any atom is 0.326 e. The van der Waals surface area contributed by atoms with Gasteiger partial charge in [-0.25, -0.2) is 4.90 Å². The number of nitrogens with zero attached hydrogens (tertiary/aromatic N) is 1. The zero-order valence-corrected chi connectivity index (χ0v) is 19.9. The molecule has 1 aromatic carbocycles. The number of hydrogen-bond donors (Lipinski definition) is 1. The summed E-state index contributed by atoms with van der Waals surface area (Å²) in [6, 6.07) is 8.40. The predicted molar refractivity (Wildman–Crippen MR) is 125 cm³/mol. The van der Waals surface area contributed by atoms with Gasteiger partial charge in [-0.05, 0) is 42.0 Å². The third-order valence-electron chi connectivity index (χ3n) is 6.54.